The van der Waals surface area contributed by atoms with E-state index in [0.29, 0.717) is 13.2 Å². The molecule has 0 aliphatic rings. The van der Waals surface area contributed by atoms with Gasteiger partial charge in [0.25, 0.3) is 0 Å². The Labute approximate surface area is 177 Å². The molecule has 0 aliphatic heterocycles. The molecule has 0 saturated heterocycles. The molecule has 150 valence electrons. The fourth-order valence-electron chi connectivity index (χ4n) is 2.43. The average Bonchev–Trinajstić information content (AvgIpc) is 3.17. The van der Waals surface area contributed by atoms with Gasteiger partial charge in [0.05, 0.1) is 6.26 Å². The molecule has 27 heavy (non-hydrogen) atoms. The number of aryl methyl sites for hydroxylation is 1. The number of halogens is 1. The molecule has 0 unspecified atom stereocenters. The Bertz CT molecular complexity index is 701. The summed E-state index contributed by atoms with van der Waals surface area (Å²) >= 11 is 0. The normalized spacial score (nSPS) is 11.1. The second-order valence-electron chi connectivity index (χ2n) is 5.85. The Hall–Kier alpha value is -1.81. The number of ether oxygens (including phenoxy) is 1. The number of hydrogen-bond donors (Lipinski definition) is 2. The van der Waals surface area contributed by atoms with Crippen LogP contribution in [0.4, 0.5) is 0 Å². The third-order valence-corrected chi connectivity index (χ3v) is 3.82. The minimum atomic E-state index is 0. The van der Waals surface area contributed by atoms with Crippen molar-refractivity contribution in [2.24, 2.45) is 4.99 Å². The van der Waals surface area contributed by atoms with Crippen molar-refractivity contribution in [3.63, 3.8) is 0 Å². The zero-order valence-corrected chi connectivity index (χ0v) is 18.1. The van der Waals surface area contributed by atoms with Crippen molar-refractivity contribution >= 4 is 29.9 Å². The number of nitrogens with zero attached hydrogens (tertiary/aromatic N) is 2. The highest BCUT2D eigenvalue weighted by atomic mass is 127. The van der Waals surface area contributed by atoms with Crippen LogP contribution in [-0.2, 0) is 17.9 Å². The number of nitrogens with one attached hydrogen (secondary N) is 2. The molecule has 0 fully saturated rings. The van der Waals surface area contributed by atoms with Crippen molar-refractivity contribution in [1.82, 2.24) is 15.2 Å². The SMILES string of the molecule is CN=C(NCCCCn1ccccc1=O)NCCCOCc1ccco1.I. The largest absolute Gasteiger partial charge is 0.467 e. The van der Waals surface area contributed by atoms with Gasteiger partial charge in [-0.05, 0) is 37.5 Å². The van der Waals surface area contributed by atoms with Crippen molar-refractivity contribution in [3.8, 4) is 0 Å². The van der Waals surface area contributed by atoms with Crippen LogP contribution in [0.3, 0.4) is 0 Å². The summed E-state index contributed by atoms with van der Waals surface area (Å²) < 4.78 is 12.5. The Morgan fingerprint density at radius 3 is 2.67 bits per heavy atom. The van der Waals surface area contributed by atoms with Crippen molar-refractivity contribution in [3.05, 3.63) is 58.9 Å². The van der Waals surface area contributed by atoms with Gasteiger partial charge in [-0.15, -0.1) is 24.0 Å². The Balaban J connectivity index is 0.00000364. The maximum absolute atomic E-state index is 11.6. The molecule has 0 radical (unpaired) electrons. The van der Waals surface area contributed by atoms with E-state index in [1.807, 2.05) is 24.4 Å². The van der Waals surface area contributed by atoms with Crippen molar-refractivity contribution in [2.75, 3.05) is 26.7 Å². The first-order chi connectivity index (χ1) is 12.8. The van der Waals surface area contributed by atoms with Crippen LogP contribution in [-0.4, -0.2) is 37.3 Å². The molecule has 2 aromatic heterocycles. The third kappa shape index (κ3) is 9.62. The highest BCUT2D eigenvalue weighted by Gasteiger charge is 1.99. The number of guanidine groups is 1. The molecule has 0 amide bonds. The summed E-state index contributed by atoms with van der Waals surface area (Å²) in [6.45, 7) is 3.51. The lowest BCUT2D eigenvalue weighted by Crippen LogP contribution is -2.38. The van der Waals surface area contributed by atoms with Gasteiger partial charge >= 0.3 is 0 Å². The number of pyridine rings is 1. The average molecular weight is 488 g/mol. The summed E-state index contributed by atoms with van der Waals surface area (Å²) in [7, 11) is 1.76. The van der Waals surface area contributed by atoms with E-state index < -0.39 is 0 Å². The van der Waals surface area contributed by atoms with E-state index in [2.05, 4.69) is 15.6 Å². The zero-order valence-electron chi connectivity index (χ0n) is 15.7. The van der Waals surface area contributed by atoms with E-state index in [1.165, 1.54) is 0 Å². The highest BCUT2D eigenvalue weighted by molar-refractivity contribution is 14.0. The molecule has 0 spiro atoms. The van der Waals surface area contributed by atoms with Gasteiger partial charge < -0.3 is 24.4 Å². The predicted molar refractivity (Wildman–Crippen MR) is 118 cm³/mol. The Kier molecular flexibility index (Phi) is 12.3. The molecule has 0 aromatic carbocycles. The van der Waals surface area contributed by atoms with Crippen LogP contribution in [0.1, 0.15) is 25.0 Å². The molecule has 0 bridgehead atoms. The van der Waals surface area contributed by atoms with Crippen LogP contribution in [0.2, 0.25) is 0 Å². The molecule has 7 nitrogen and oxygen atoms in total. The molecule has 0 atom stereocenters. The summed E-state index contributed by atoms with van der Waals surface area (Å²) in [5.74, 6) is 1.63. The van der Waals surface area contributed by atoms with Crippen LogP contribution in [0.15, 0.2) is 57.0 Å². The van der Waals surface area contributed by atoms with E-state index in [4.69, 9.17) is 9.15 Å². The zero-order chi connectivity index (χ0) is 18.5. The van der Waals surface area contributed by atoms with Gasteiger partial charge in [-0.2, -0.15) is 0 Å². The lowest BCUT2D eigenvalue weighted by atomic mass is 10.3. The van der Waals surface area contributed by atoms with Crippen LogP contribution in [0.5, 0.6) is 0 Å². The van der Waals surface area contributed by atoms with Gasteiger partial charge in [-0.3, -0.25) is 9.79 Å². The summed E-state index contributed by atoms with van der Waals surface area (Å²) in [5, 5.41) is 6.54. The van der Waals surface area contributed by atoms with Crippen molar-refractivity contribution < 1.29 is 9.15 Å². The number of hydrogen-bond acceptors (Lipinski definition) is 4. The first-order valence-corrected chi connectivity index (χ1v) is 8.99. The molecule has 2 aromatic rings. The maximum atomic E-state index is 11.6. The standard InChI is InChI=1S/C19H28N4O3.HI/c1-20-19(22-11-7-14-25-16-17-8-6-15-26-17)21-10-3-5-13-23-12-4-2-9-18(23)24;/h2,4,6,8-9,12,15H,3,5,7,10-11,13-14,16H2,1H3,(H2,20,21,22);1H. The van der Waals surface area contributed by atoms with Gasteiger partial charge in [0, 0.05) is 45.6 Å². The summed E-state index contributed by atoms with van der Waals surface area (Å²) in [4.78, 5) is 15.8. The second-order valence-corrected chi connectivity index (χ2v) is 5.85. The van der Waals surface area contributed by atoms with E-state index in [1.54, 1.807) is 30.0 Å². The number of aromatic nitrogens is 1. The summed E-state index contributed by atoms with van der Waals surface area (Å²) in [6, 6.07) is 8.98. The lowest BCUT2D eigenvalue weighted by molar-refractivity contribution is 0.105. The fraction of sp³-hybridized carbons (Fsp3) is 0.474. The van der Waals surface area contributed by atoms with Crippen LogP contribution in [0, 0.1) is 0 Å². The third-order valence-electron chi connectivity index (χ3n) is 3.82. The second kappa shape index (κ2) is 14.3. The van der Waals surface area contributed by atoms with Crippen molar-refractivity contribution in [1.29, 1.82) is 0 Å². The van der Waals surface area contributed by atoms with Crippen LogP contribution < -0.4 is 16.2 Å². The topological polar surface area (TPSA) is 80.8 Å². The number of rotatable bonds is 11. The first kappa shape index (κ1) is 23.2. The first-order valence-electron chi connectivity index (χ1n) is 8.99. The van der Waals surface area contributed by atoms with Crippen LogP contribution in [0.25, 0.3) is 0 Å². The molecular formula is C19H29IN4O3. The Morgan fingerprint density at radius 1 is 1.15 bits per heavy atom. The molecule has 0 saturated carbocycles. The monoisotopic (exact) mass is 488 g/mol. The molecule has 2 heterocycles. The van der Waals surface area contributed by atoms with Crippen molar-refractivity contribution in [2.45, 2.75) is 32.4 Å². The minimum Gasteiger partial charge on any atom is -0.467 e. The van der Waals surface area contributed by atoms with E-state index in [0.717, 1.165) is 50.6 Å². The van der Waals surface area contributed by atoms with Gasteiger partial charge in [0.2, 0.25) is 5.56 Å². The van der Waals surface area contributed by atoms with Gasteiger partial charge in [0.1, 0.15) is 12.4 Å². The van der Waals surface area contributed by atoms with Gasteiger partial charge in [-0.1, -0.05) is 6.07 Å². The number of unbranched alkanes of at least 4 members (excludes halogenated alkanes) is 1. The van der Waals surface area contributed by atoms with E-state index in [-0.39, 0.29) is 29.5 Å². The van der Waals surface area contributed by atoms with Crippen LogP contribution >= 0.6 is 24.0 Å². The van der Waals surface area contributed by atoms with E-state index in [9.17, 15) is 4.79 Å². The lowest BCUT2D eigenvalue weighted by Gasteiger charge is -2.12. The fourth-order valence-corrected chi connectivity index (χ4v) is 2.43. The van der Waals surface area contributed by atoms with E-state index >= 15 is 0 Å². The molecular weight excluding hydrogens is 459 g/mol. The quantitative estimate of drug-likeness (QED) is 0.220. The molecule has 2 rings (SSSR count). The summed E-state index contributed by atoms with van der Waals surface area (Å²) in [5.41, 5.74) is 0.0483. The van der Waals surface area contributed by atoms with Gasteiger partial charge in [-0.25, -0.2) is 0 Å². The Morgan fingerprint density at radius 2 is 1.96 bits per heavy atom. The molecule has 0 aliphatic carbocycles. The highest BCUT2D eigenvalue weighted by Crippen LogP contribution is 2.01. The summed E-state index contributed by atoms with van der Waals surface area (Å²) in [6.07, 6.45) is 6.26. The predicted octanol–water partition coefficient (Wildman–Crippen LogP) is 2.61. The molecule has 2 N–H and O–H groups in total. The smallest absolute Gasteiger partial charge is 0.250 e. The molecule has 8 heteroatoms. The van der Waals surface area contributed by atoms with Gasteiger partial charge in [0.15, 0.2) is 5.96 Å². The minimum absolute atomic E-state index is 0. The maximum Gasteiger partial charge on any atom is 0.250 e. The number of aliphatic imine (C=N–C) groups is 1. The number of furan rings is 1.